The van der Waals surface area contributed by atoms with Gasteiger partial charge in [0.05, 0.1) is 12.2 Å². The Morgan fingerprint density at radius 2 is 1.70 bits per heavy atom. The van der Waals surface area contributed by atoms with Gasteiger partial charge in [0.25, 0.3) is 0 Å². The van der Waals surface area contributed by atoms with Gasteiger partial charge in [-0.15, -0.1) is 0 Å². The van der Waals surface area contributed by atoms with Gasteiger partial charge in [-0.2, -0.15) is 0 Å². The first kappa shape index (κ1) is 17.5. The molecule has 2 unspecified atom stereocenters. The Hall–Kier alpha value is -0.570. The normalized spacial score (nSPS) is 23.1. The van der Waals surface area contributed by atoms with Gasteiger partial charge in [-0.05, 0) is 18.8 Å². The molecule has 0 bridgehead atoms. The number of nitrogens with zero attached hydrogens (tertiary/aromatic N) is 1. The maximum absolute atomic E-state index is 12.4. The third-order valence-corrected chi connectivity index (χ3v) is 4.25. The molecule has 118 valence electrons. The molecular formula is C17H34N2O. The van der Waals surface area contributed by atoms with E-state index in [0.717, 1.165) is 25.8 Å². The van der Waals surface area contributed by atoms with Crippen molar-refractivity contribution in [3.05, 3.63) is 0 Å². The lowest BCUT2D eigenvalue weighted by molar-refractivity contribution is -0.130. The quantitative estimate of drug-likeness (QED) is 0.616. The molecule has 1 saturated heterocycles. The molecule has 0 aromatic rings. The summed E-state index contributed by atoms with van der Waals surface area (Å²) in [5.74, 6) is 0.819. The van der Waals surface area contributed by atoms with E-state index in [2.05, 4.69) is 37.9 Å². The number of unbranched alkanes of at least 4 members (excludes halogenated alkanes) is 5. The largest absolute Gasteiger partial charge is 0.326 e. The summed E-state index contributed by atoms with van der Waals surface area (Å²) in [4.78, 5) is 14.5. The van der Waals surface area contributed by atoms with Gasteiger partial charge in [0.15, 0.2) is 0 Å². The van der Waals surface area contributed by atoms with Gasteiger partial charge in [-0.1, -0.05) is 66.2 Å². The molecule has 3 nitrogen and oxygen atoms in total. The molecule has 2 atom stereocenters. The topological polar surface area (TPSA) is 32.3 Å². The van der Waals surface area contributed by atoms with Crippen molar-refractivity contribution in [2.45, 2.75) is 91.3 Å². The van der Waals surface area contributed by atoms with Crippen molar-refractivity contribution in [2.24, 2.45) is 5.92 Å². The van der Waals surface area contributed by atoms with Crippen molar-refractivity contribution in [1.29, 1.82) is 0 Å². The van der Waals surface area contributed by atoms with Crippen LogP contribution in [0.25, 0.3) is 0 Å². The molecule has 1 aliphatic heterocycles. The van der Waals surface area contributed by atoms with E-state index in [4.69, 9.17) is 0 Å². The van der Waals surface area contributed by atoms with Crippen LogP contribution in [0.1, 0.15) is 79.1 Å². The van der Waals surface area contributed by atoms with Crippen LogP contribution < -0.4 is 5.32 Å². The van der Waals surface area contributed by atoms with E-state index in [1.54, 1.807) is 0 Å². The standard InChI is InChI=1S/C17H34N2O/c1-5-7-8-9-10-11-13-19-16(14(3)4)18-15(12-6-2)17(19)20/h14-16,18H,5-13H2,1-4H3. The SMILES string of the molecule is CCCCCCCCN1C(=O)C(CCC)NC1C(C)C. The van der Waals surface area contributed by atoms with Gasteiger partial charge in [-0.3, -0.25) is 10.1 Å². The molecule has 3 heteroatoms. The Morgan fingerprint density at radius 1 is 1.05 bits per heavy atom. The molecule has 0 radical (unpaired) electrons. The predicted molar refractivity (Wildman–Crippen MR) is 85.5 cm³/mol. The summed E-state index contributed by atoms with van der Waals surface area (Å²) in [6, 6.07) is 0.0625. The van der Waals surface area contributed by atoms with Crippen LogP contribution in [0, 0.1) is 5.92 Å². The first-order chi connectivity index (χ1) is 9.61. The van der Waals surface area contributed by atoms with Crippen LogP contribution in [0.3, 0.4) is 0 Å². The highest BCUT2D eigenvalue weighted by Crippen LogP contribution is 2.21. The smallest absolute Gasteiger partial charge is 0.241 e. The zero-order chi connectivity index (χ0) is 15.0. The van der Waals surface area contributed by atoms with Crippen LogP contribution in [-0.2, 0) is 4.79 Å². The van der Waals surface area contributed by atoms with Crippen LogP contribution in [0.2, 0.25) is 0 Å². The molecule has 1 heterocycles. The van der Waals surface area contributed by atoms with E-state index < -0.39 is 0 Å². The van der Waals surface area contributed by atoms with E-state index in [-0.39, 0.29) is 12.2 Å². The second kappa shape index (κ2) is 9.38. The molecule has 0 aromatic heterocycles. The average Bonchev–Trinajstić information content (AvgIpc) is 2.72. The minimum atomic E-state index is 0.0625. The maximum Gasteiger partial charge on any atom is 0.241 e. The highest BCUT2D eigenvalue weighted by molar-refractivity contribution is 5.84. The Bertz CT molecular complexity index is 278. The van der Waals surface area contributed by atoms with Crippen LogP contribution >= 0.6 is 0 Å². The van der Waals surface area contributed by atoms with Crippen molar-refractivity contribution >= 4 is 5.91 Å². The summed E-state index contributed by atoms with van der Waals surface area (Å²) < 4.78 is 0. The summed E-state index contributed by atoms with van der Waals surface area (Å²) in [5, 5.41) is 3.53. The molecule has 0 spiro atoms. The third kappa shape index (κ3) is 5.08. The van der Waals surface area contributed by atoms with Crippen LogP contribution in [0.15, 0.2) is 0 Å². The van der Waals surface area contributed by atoms with E-state index >= 15 is 0 Å². The maximum atomic E-state index is 12.4. The molecule has 1 N–H and O–H groups in total. The summed E-state index contributed by atoms with van der Waals surface area (Å²) in [6.07, 6.45) is 9.98. The summed E-state index contributed by atoms with van der Waals surface area (Å²) >= 11 is 0. The Kier molecular flexibility index (Phi) is 8.20. The van der Waals surface area contributed by atoms with Gasteiger partial charge < -0.3 is 4.90 Å². The van der Waals surface area contributed by atoms with Crippen molar-refractivity contribution in [3.63, 3.8) is 0 Å². The van der Waals surface area contributed by atoms with Gasteiger partial charge >= 0.3 is 0 Å². The fraction of sp³-hybridized carbons (Fsp3) is 0.941. The molecule has 0 aromatic carbocycles. The van der Waals surface area contributed by atoms with E-state index in [9.17, 15) is 4.79 Å². The Morgan fingerprint density at radius 3 is 2.30 bits per heavy atom. The zero-order valence-electron chi connectivity index (χ0n) is 14.0. The number of carbonyl (C=O) groups excluding carboxylic acids is 1. The second-order valence-electron chi connectivity index (χ2n) is 6.50. The number of carbonyl (C=O) groups is 1. The van der Waals surface area contributed by atoms with Gasteiger partial charge in [0, 0.05) is 6.54 Å². The van der Waals surface area contributed by atoms with Crippen molar-refractivity contribution in [3.8, 4) is 0 Å². The molecule has 1 fully saturated rings. The average molecular weight is 282 g/mol. The fourth-order valence-corrected chi connectivity index (χ4v) is 3.06. The molecule has 1 amide bonds. The van der Waals surface area contributed by atoms with Crippen LogP contribution in [0.5, 0.6) is 0 Å². The first-order valence-corrected chi connectivity index (χ1v) is 8.68. The Labute approximate surface area is 125 Å². The lowest BCUT2D eigenvalue weighted by Crippen LogP contribution is -2.41. The lowest BCUT2D eigenvalue weighted by Gasteiger charge is -2.27. The summed E-state index contributed by atoms with van der Waals surface area (Å²) in [7, 11) is 0. The number of hydrogen-bond acceptors (Lipinski definition) is 2. The third-order valence-electron chi connectivity index (χ3n) is 4.25. The summed E-state index contributed by atoms with van der Waals surface area (Å²) in [5.41, 5.74) is 0. The number of amides is 1. The van der Waals surface area contributed by atoms with E-state index in [0.29, 0.717) is 11.8 Å². The predicted octanol–water partition coefficient (Wildman–Crippen LogP) is 3.93. The molecule has 20 heavy (non-hydrogen) atoms. The molecule has 0 saturated carbocycles. The van der Waals surface area contributed by atoms with Crippen molar-refractivity contribution < 1.29 is 4.79 Å². The van der Waals surface area contributed by atoms with Gasteiger partial charge in [0.2, 0.25) is 5.91 Å². The molecule has 0 aliphatic carbocycles. The molecule has 1 aliphatic rings. The minimum Gasteiger partial charge on any atom is -0.326 e. The highest BCUT2D eigenvalue weighted by atomic mass is 16.2. The molecule has 1 rings (SSSR count). The van der Waals surface area contributed by atoms with Crippen LogP contribution in [-0.4, -0.2) is 29.6 Å². The van der Waals surface area contributed by atoms with Crippen LogP contribution in [0.4, 0.5) is 0 Å². The van der Waals surface area contributed by atoms with Gasteiger partial charge in [0.1, 0.15) is 0 Å². The fourth-order valence-electron chi connectivity index (χ4n) is 3.06. The van der Waals surface area contributed by atoms with Crippen molar-refractivity contribution in [1.82, 2.24) is 10.2 Å². The van der Waals surface area contributed by atoms with E-state index in [1.165, 1.54) is 32.1 Å². The highest BCUT2D eigenvalue weighted by Gasteiger charge is 2.38. The number of nitrogens with one attached hydrogen (secondary N) is 1. The Balaban J connectivity index is 2.38. The van der Waals surface area contributed by atoms with Gasteiger partial charge in [-0.25, -0.2) is 0 Å². The number of hydrogen-bond donors (Lipinski definition) is 1. The van der Waals surface area contributed by atoms with E-state index in [1.807, 2.05) is 0 Å². The number of rotatable bonds is 10. The minimum absolute atomic E-state index is 0.0625. The zero-order valence-corrected chi connectivity index (χ0v) is 14.0. The molecular weight excluding hydrogens is 248 g/mol. The summed E-state index contributed by atoms with van der Waals surface area (Å²) in [6.45, 7) is 9.73. The second-order valence-corrected chi connectivity index (χ2v) is 6.50. The first-order valence-electron chi connectivity index (χ1n) is 8.68. The van der Waals surface area contributed by atoms with Crippen molar-refractivity contribution in [2.75, 3.05) is 6.54 Å². The lowest BCUT2D eigenvalue weighted by atomic mass is 10.1. The monoisotopic (exact) mass is 282 g/mol.